The van der Waals surface area contributed by atoms with Gasteiger partial charge in [0.2, 0.25) is 0 Å². The van der Waals surface area contributed by atoms with E-state index in [0.29, 0.717) is 17.2 Å². The van der Waals surface area contributed by atoms with Gasteiger partial charge in [-0.2, -0.15) is 16.9 Å². The molecule has 3 rings (SSSR count). The van der Waals surface area contributed by atoms with Crippen molar-refractivity contribution in [3.8, 4) is 0 Å². The smallest absolute Gasteiger partial charge is 0.269 e. The van der Waals surface area contributed by atoms with Crippen LogP contribution in [0, 0.1) is 17.0 Å². The van der Waals surface area contributed by atoms with Crippen molar-refractivity contribution in [2.24, 2.45) is 5.10 Å². The summed E-state index contributed by atoms with van der Waals surface area (Å²) in [6, 6.07) is 21.9. The van der Waals surface area contributed by atoms with E-state index in [-0.39, 0.29) is 11.3 Å². The molecule has 8 nitrogen and oxygen atoms in total. The molecule has 2 N–H and O–H groups in total. The van der Waals surface area contributed by atoms with Gasteiger partial charge in [-0.3, -0.25) is 19.7 Å². The van der Waals surface area contributed by atoms with Crippen LogP contribution in [0.3, 0.4) is 0 Å². The summed E-state index contributed by atoms with van der Waals surface area (Å²) in [7, 11) is 0. The third-order valence-electron chi connectivity index (χ3n) is 5.16. The Morgan fingerprint density at radius 3 is 2.23 bits per heavy atom. The van der Waals surface area contributed by atoms with Crippen molar-refractivity contribution in [1.82, 2.24) is 10.7 Å². The van der Waals surface area contributed by atoms with Crippen molar-refractivity contribution in [3.05, 3.63) is 111 Å². The molecule has 35 heavy (non-hydrogen) atoms. The van der Waals surface area contributed by atoms with Gasteiger partial charge >= 0.3 is 0 Å². The summed E-state index contributed by atoms with van der Waals surface area (Å²) in [6.45, 7) is 3.78. The zero-order valence-electron chi connectivity index (χ0n) is 19.4. The minimum atomic E-state index is -0.860. The second kappa shape index (κ2) is 12.5. The number of carbonyl (C=O) groups excluding carboxylic acids is 2. The highest BCUT2D eigenvalue weighted by Crippen LogP contribution is 2.15. The Bertz CT molecular complexity index is 1200. The molecule has 0 bridgehead atoms. The minimum Gasteiger partial charge on any atom is -0.339 e. The summed E-state index contributed by atoms with van der Waals surface area (Å²) in [4.78, 5) is 36.0. The standard InChI is InChI=1S/C26H26N4O4S/c1-18-8-10-21(11-9-18)19(2)28-29-26(32)24(17-35-16-20-6-4-3-5-7-20)27-25(31)22-12-14-23(15-13-22)30(33)34/h3-15,24H,16-17H2,1-2H3,(H,27,31)(H,29,32)/b28-19-/t24-/m1/s1. The number of nitrogens with zero attached hydrogens (tertiary/aromatic N) is 2. The number of nitro groups is 1. The maximum atomic E-state index is 13.0. The fourth-order valence-electron chi connectivity index (χ4n) is 3.10. The van der Waals surface area contributed by atoms with E-state index in [1.807, 2.05) is 61.5 Å². The third-order valence-corrected chi connectivity index (χ3v) is 6.27. The van der Waals surface area contributed by atoms with Gasteiger partial charge in [-0.05, 0) is 37.1 Å². The Morgan fingerprint density at radius 2 is 1.60 bits per heavy atom. The topological polar surface area (TPSA) is 114 Å². The van der Waals surface area contributed by atoms with E-state index < -0.39 is 22.8 Å². The summed E-state index contributed by atoms with van der Waals surface area (Å²) in [5.41, 5.74) is 6.40. The first-order valence-corrected chi connectivity index (χ1v) is 12.1. The number of aryl methyl sites for hydroxylation is 1. The second-order valence-electron chi connectivity index (χ2n) is 7.87. The lowest BCUT2D eigenvalue weighted by Crippen LogP contribution is -2.47. The van der Waals surface area contributed by atoms with Gasteiger partial charge < -0.3 is 5.32 Å². The summed E-state index contributed by atoms with van der Waals surface area (Å²) < 4.78 is 0. The van der Waals surface area contributed by atoms with Crippen molar-refractivity contribution in [1.29, 1.82) is 0 Å². The lowest BCUT2D eigenvalue weighted by Gasteiger charge is -2.17. The Hall–Kier alpha value is -3.98. The first-order chi connectivity index (χ1) is 16.8. The van der Waals surface area contributed by atoms with E-state index in [2.05, 4.69) is 15.8 Å². The predicted octanol–water partition coefficient (Wildman–Crippen LogP) is 4.48. The molecule has 1 atom stereocenters. The normalized spacial score (nSPS) is 12.0. The molecule has 0 saturated carbocycles. The molecule has 0 saturated heterocycles. The Labute approximate surface area is 208 Å². The summed E-state index contributed by atoms with van der Waals surface area (Å²) in [6.07, 6.45) is 0. The quantitative estimate of drug-likeness (QED) is 0.247. The Balaban J connectivity index is 1.69. The average Bonchev–Trinajstić information content (AvgIpc) is 2.87. The molecule has 0 heterocycles. The van der Waals surface area contributed by atoms with Crippen LogP contribution < -0.4 is 10.7 Å². The largest absolute Gasteiger partial charge is 0.339 e. The molecule has 0 spiro atoms. The average molecular weight is 491 g/mol. The molecular weight excluding hydrogens is 464 g/mol. The van der Waals surface area contributed by atoms with E-state index in [1.165, 1.54) is 36.0 Å². The molecule has 9 heteroatoms. The van der Waals surface area contributed by atoms with E-state index in [9.17, 15) is 19.7 Å². The fraction of sp³-hybridized carbons (Fsp3) is 0.192. The van der Waals surface area contributed by atoms with Crippen LogP contribution in [0.15, 0.2) is 84.0 Å². The molecule has 0 aliphatic rings. The first kappa shape index (κ1) is 25.6. The van der Waals surface area contributed by atoms with Crippen molar-refractivity contribution < 1.29 is 14.5 Å². The van der Waals surface area contributed by atoms with E-state index in [0.717, 1.165) is 16.7 Å². The van der Waals surface area contributed by atoms with Gasteiger partial charge in [0.1, 0.15) is 6.04 Å². The van der Waals surface area contributed by atoms with E-state index in [1.54, 1.807) is 6.92 Å². The van der Waals surface area contributed by atoms with Crippen LogP contribution in [0.2, 0.25) is 0 Å². The third kappa shape index (κ3) is 7.79. The molecule has 0 unspecified atom stereocenters. The highest BCUT2D eigenvalue weighted by molar-refractivity contribution is 7.98. The zero-order valence-corrected chi connectivity index (χ0v) is 20.2. The summed E-state index contributed by atoms with van der Waals surface area (Å²) in [5, 5.41) is 17.8. The number of carbonyl (C=O) groups is 2. The number of hydrogen-bond acceptors (Lipinski definition) is 6. The van der Waals surface area contributed by atoms with Crippen molar-refractivity contribution in [3.63, 3.8) is 0 Å². The molecular formula is C26H26N4O4S. The number of nitro benzene ring substituents is 1. The van der Waals surface area contributed by atoms with Crippen LogP contribution in [-0.2, 0) is 10.5 Å². The van der Waals surface area contributed by atoms with Crippen LogP contribution >= 0.6 is 11.8 Å². The lowest BCUT2D eigenvalue weighted by atomic mass is 10.1. The number of nitrogens with one attached hydrogen (secondary N) is 2. The molecule has 2 amide bonds. The van der Waals surface area contributed by atoms with Crippen molar-refractivity contribution >= 4 is 35.0 Å². The predicted molar refractivity (Wildman–Crippen MR) is 138 cm³/mol. The van der Waals surface area contributed by atoms with Gasteiger partial charge in [-0.25, -0.2) is 5.43 Å². The van der Waals surface area contributed by atoms with Gasteiger partial charge in [0.05, 0.1) is 10.6 Å². The van der Waals surface area contributed by atoms with Crippen molar-refractivity contribution in [2.75, 3.05) is 5.75 Å². The van der Waals surface area contributed by atoms with Crippen LogP contribution in [0.25, 0.3) is 0 Å². The SMILES string of the molecule is C/C(=N/NC(=O)[C@@H](CSCc1ccccc1)NC(=O)c1ccc([N+](=O)[O-])cc1)c1ccc(C)cc1. The van der Waals surface area contributed by atoms with Crippen molar-refractivity contribution in [2.45, 2.75) is 25.6 Å². The zero-order chi connectivity index (χ0) is 25.2. The van der Waals surface area contributed by atoms with Crippen LogP contribution in [-0.4, -0.2) is 34.2 Å². The molecule has 0 aromatic heterocycles. The molecule has 180 valence electrons. The molecule has 3 aromatic rings. The number of benzene rings is 3. The van der Waals surface area contributed by atoms with E-state index >= 15 is 0 Å². The van der Waals surface area contributed by atoms with E-state index in [4.69, 9.17) is 0 Å². The first-order valence-electron chi connectivity index (χ1n) is 10.9. The molecule has 0 aliphatic carbocycles. The summed E-state index contributed by atoms with van der Waals surface area (Å²) in [5.74, 6) is 0.0364. The van der Waals surface area contributed by atoms with Crippen LogP contribution in [0.5, 0.6) is 0 Å². The number of hydrazone groups is 1. The summed E-state index contributed by atoms with van der Waals surface area (Å²) >= 11 is 1.51. The number of rotatable bonds is 10. The monoisotopic (exact) mass is 490 g/mol. The highest BCUT2D eigenvalue weighted by Gasteiger charge is 2.22. The molecule has 0 radical (unpaired) electrons. The van der Waals surface area contributed by atoms with Gasteiger partial charge in [0, 0.05) is 29.2 Å². The second-order valence-corrected chi connectivity index (χ2v) is 8.90. The van der Waals surface area contributed by atoms with Crippen LogP contribution in [0.1, 0.15) is 34.0 Å². The number of amides is 2. The highest BCUT2D eigenvalue weighted by atomic mass is 32.2. The maximum absolute atomic E-state index is 13.0. The minimum absolute atomic E-state index is 0.116. The fourth-order valence-corrected chi connectivity index (χ4v) is 4.12. The molecule has 3 aromatic carbocycles. The Morgan fingerprint density at radius 1 is 0.971 bits per heavy atom. The molecule has 0 aliphatic heterocycles. The molecule has 0 fully saturated rings. The van der Waals surface area contributed by atoms with Gasteiger partial charge in [-0.1, -0.05) is 60.2 Å². The van der Waals surface area contributed by atoms with Crippen LogP contribution in [0.4, 0.5) is 5.69 Å². The van der Waals surface area contributed by atoms with Gasteiger partial charge in [0.15, 0.2) is 0 Å². The number of hydrogen-bond donors (Lipinski definition) is 2. The number of thioether (sulfide) groups is 1. The van der Waals surface area contributed by atoms with Gasteiger partial charge in [-0.15, -0.1) is 0 Å². The Kier molecular flexibility index (Phi) is 9.14. The van der Waals surface area contributed by atoms with Gasteiger partial charge in [0.25, 0.3) is 17.5 Å². The number of non-ortho nitro benzene ring substituents is 1. The lowest BCUT2D eigenvalue weighted by molar-refractivity contribution is -0.384. The maximum Gasteiger partial charge on any atom is 0.269 e.